The Morgan fingerprint density at radius 1 is 1.50 bits per heavy atom. The first kappa shape index (κ1) is 11.7. The fraction of sp³-hybridized carbons (Fsp3) is 0.833. The van der Waals surface area contributed by atoms with E-state index in [1.54, 1.807) is 0 Å². The number of rotatable bonds is 5. The van der Waals surface area contributed by atoms with Crippen molar-refractivity contribution in [1.29, 1.82) is 0 Å². The van der Waals surface area contributed by atoms with Gasteiger partial charge in [-0.3, -0.25) is 0 Å². The van der Waals surface area contributed by atoms with Gasteiger partial charge in [0, 0.05) is 13.1 Å². The minimum absolute atomic E-state index is 0.875. The third-order valence-corrected chi connectivity index (χ3v) is 2.90. The van der Waals surface area contributed by atoms with Gasteiger partial charge in [-0.25, -0.2) is 0 Å². The largest absolute Gasteiger partial charge is 0.313 e. The van der Waals surface area contributed by atoms with Crippen molar-refractivity contribution < 1.29 is 0 Å². The van der Waals surface area contributed by atoms with Crippen molar-refractivity contribution in [2.75, 3.05) is 32.7 Å². The average Bonchev–Trinajstić information content (AvgIpc) is 2.60. The second-order valence-electron chi connectivity index (χ2n) is 4.49. The molecule has 2 heteroatoms. The fourth-order valence-corrected chi connectivity index (χ4v) is 1.93. The van der Waals surface area contributed by atoms with Crippen LogP contribution in [-0.4, -0.2) is 37.6 Å². The van der Waals surface area contributed by atoms with Gasteiger partial charge in [-0.05, 0) is 45.8 Å². The lowest BCUT2D eigenvalue weighted by atomic mass is 10.1. The molecule has 0 spiro atoms. The maximum Gasteiger partial charge on any atom is 0.0137 e. The first-order chi connectivity index (χ1) is 6.72. The van der Waals surface area contributed by atoms with Crippen LogP contribution in [0.3, 0.4) is 0 Å². The Balaban J connectivity index is 2.06. The van der Waals surface area contributed by atoms with Gasteiger partial charge in [-0.15, -0.1) is 0 Å². The van der Waals surface area contributed by atoms with Crippen LogP contribution in [0.5, 0.6) is 0 Å². The summed E-state index contributed by atoms with van der Waals surface area (Å²) in [6.45, 7) is 12.6. The lowest BCUT2D eigenvalue weighted by Gasteiger charge is -2.13. The number of allylic oxidation sites excluding steroid dienone is 1. The Kier molecular flexibility index (Phi) is 5.20. The first-order valence-corrected chi connectivity index (χ1v) is 5.78. The van der Waals surface area contributed by atoms with Crippen molar-refractivity contribution in [3.05, 3.63) is 11.6 Å². The smallest absolute Gasteiger partial charge is 0.0137 e. The monoisotopic (exact) mass is 196 g/mol. The summed E-state index contributed by atoms with van der Waals surface area (Å²) in [6, 6.07) is 0. The molecule has 0 amide bonds. The standard InChI is InChI=1S/C12H24N2/c1-4-14-8-6-12(10-14)9-13-7-5-11(2)3/h5,12-13H,4,6-10H2,1-3H3. The molecule has 1 aliphatic rings. The van der Waals surface area contributed by atoms with E-state index in [9.17, 15) is 0 Å². The summed E-state index contributed by atoms with van der Waals surface area (Å²) < 4.78 is 0. The van der Waals surface area contributed by atoms with E-state index in [0.29, 0.717) is 0 Å². The summed E-state index contributed by atoms with van der Waals surface area (Å²) >= 11 is 0. The number of nitrogens with zero attached hydrogens (tertiary/aromatic N) is 1. The van der Waals surface area contributed by atoms with Crippen LogP contribution >= 0.6 is 0 Å². The first-order valence-electron chi connectivity index (χ1n) is 5.78. The van der Waals surface area contributed by atoms with Crippen LogP contribution < -0.4 is 5.32 Å². The predicted molar refractivity (Wildman–Crippen MR) is 62.5 cm³/mol. The highest BCUT2D eigenvalue weighted by Crippen LogP contribution is 2.14. The van der Waals surface area contributed by atoms with E-state index in [2.05, 4.69) is 37.1 Å². The van der Waals surface area contributed by atoms with E-state index >= 15 is 0 Å². The molecule has 2 nitrogen and oxygen atoms in total. The van der Waals surface area contributed by atoms with Gasteiger partial charge >= 0.3 is 0 Å². The summed E-state index contributed by atoms with van der Waals surface area (Å²) in [7, 11) is 0. The maximum absolute atomic E-state index is 3.50. The zero-order valence-electron chi connectivity index (χ0n) is 9.84. The van der Waals surface area contributed by atoms with E-state index in [4.69, 9.17) is 0 Å². The van der Waals surface area contributed by atoms with Gasteiger partial charge in [0.1, 0.15) is 0 Å². The highest BCUT2D eigenvalue weighted by atomic mass is 15.1. The highest BCUT2D eigenvalue weighted by Gasteiger charge is 2.19. The molecule has 0 aromatic heterocycles. The van der Waals surface area contributed by atoms with Crippen LogP contribution in [0.4, 0.5) is 0 Å². The second-order valence-corrected chi connectivity index (χ2v) is 4.49. The lowest BCUT2D eigenvalue weighted by Crippen LogP contribution is -2.26. The summed E-state index contributed by atoms with van der Waals surface area (Å²) in [5, 5.41) is 3.50. The average molecular weight is 196 g/mol. The van der Waals surface area contributed by atoms with Crippen LogP contribution in [0.2, 0.25) is 0 Å². The minimum Gasteiger partial charge on any atom is -0.313 e. The lowest BCUT2D eigenvalue weighted by molar-refractivity contribution is 0.340. The van der Waals surface area contributed by atoms with Crippen molar-refractivity contribution in [2.24, 2.45) is 5.92 Å². The van der Waals surface area contributed by atoms with Gasteiger partial charge < -0.3 is 10.2 Å². The van der Waals surface area contributed by atoms with Crippen molar-refractivity contribution in [1.82, 2.24) is 10.2 Å². The summed E-state index contributed by atoms with van der Waals surface area (Å²) in [4.78, 5) is 2.53. The van der Waals surface area contributed by atoms with Crippen LogP contribution in [0.15, 0.2) is 11.6 Å². The van der Waals surface area contributed by atoms with Crippen molar-refractivity contribution >= 4 is 0 Å². The van der Waals surface area contributed by atoms with E-state index in [1.807, 2.05) is 0 Å². The Morgan fingerprint density at radius 3 is 2.86 bits per heavy atom. The molecule has 0 aliphatic carbocycles. The van der Waals surface area contributed by atoms with E-state index in [1.165, 1.54) is 38.2 Å². The molecule has 0 aromatic rings. The SMILES string of the molecule is CCN1CCC(CNCC=C(C)C)C1. The van der Waals surface area contributed by atoms with Gasteiger partial charge in [-0.1, -0.05) is 18.6 Å². The van der Waals surface area contributed by atoms with Crippen LogP contribution in [0.1, 0.15) is 27.2 Å². The maximum atomic E-state index is 3.50. The molecular weight excluding hydrogens is 172 g/mol. The van der Waals surface area contributed by atoms with Crippen LogP contribution in [-0.2, 0) is 0 Å². The van der Waals surface area contributed by atoms with Crippen LogP contribution in [0, 0.1) is 5.92 Å². The fourth-order valence-electron chi connectivity index (χ4n) is 1.93. The Morgan fingerprint density at radius 2 is 2.29 bits per heavy atom. The van der Waals surface area contributed by atoms with Gasteiger partial charge in [0.25, 0.3) is 0 Å². The molecule has 1 aliphatic heterocycles. The van der Waals surface area contributed by atoms with E-state index < -0.39 is 0 Å². The Hall–Kier alpha value is -0.340. The molecule has 1 heterocycles. The summed E-state index contributed by atoms with van der Waals surface area (Å²) in [5.74, 6) is 0.875. The molecule has 1 fully saturated rings. The number of hydrogen-bond donors (Lipinski definition) is 1. The molecule has 1 rings (SSSR count). The normalized spacial score (nSPS) is 22.6. The molecule has 0 aromatic carbocycles. The predicted octanol–water partition coefficient (Wildman–Crippen LogP) is 1.88. The topological polar surface area (TPSA) is 15.3 Å². The third kappa shape index (κ3) is 4.25. The molecule has 1 atom stereocenters. The van der Waals surface area contributed by atoms with E-state index in [-0.39, 0.29) is 0 Å². The number of nitrogens with one attached hydrogen (secondary N) is 1. The quantitative estimate of drug-likeness (QED) is 0.533. The van der Waals surface area contributed by atoms with Gasteiger partial charge in [0.2, 0.25) is 0 Å². The second kappa shape index (κ2) is 6.20. The molecular formula is C12H24N2. The summed E-state index contributed by atoms with van der Waals surface area (Å²) in [5.41, 5.74) is 1.40. The molecule has 0 radical (unpaired) electrons. The van der Waals surface area contributed by atoms with E-state index in [0.717, 1.165) is 12.5 Å². The summed E-state index contributed by atoms with van der Waals surface area (Å²) in [6.07, 6.45) is 3.63. The highest BCUT2D eigenvalue weighted by molar-refractivity contribution is 4.94. The minimum atomic E-state index is 0.875. The molecule has 14 heavy (non-hydrogen) atoms. The molecule has 0 bridgehead atoms. The van der Waals surface area contributed by atoms with Crippen molar-refractivity contribution in [3.8, 4) is 0 Å². The van der Waals surface area contributed by atoms with Gasteiger partial charge in [0.15, 0.2) is 0 Å². The Bertz CT molecular complexity index is 183. The van der Waals surface area contributed by atoms with Gasteiger partial charge in [0.05, 0.1) is 0 Å². The third-order valence-electron chi connectivity index (χ3n) is 2.90. The Labute approximate surface area is 88.4 Å². The van der Waals surface area contributed by atoms with Crippen LogP contribution in [0.25, 0.3) is 0 Å². The molecule has 1 unspecified atom stereocenters. The van der Waals surface area contributed by atoms with Crippen molar-refractivity contribution in [2.45, 2.75) is 27.2 Å². The number of hydrogen-bond acceptors (Lipinski definition) is 2. The number of likely N-dealkylation sites (tertiary alicyclic amines) is 1. The zero-order valence-corrected chi connectivity index (χ0v) is 9.84. The zero-order chi connectivity index (χ0) is 10.4. The molecule has 0 saturated carbocycles. The molecule has 1 N–H and O–H groups in total. The molecule has 82 valence electrons. The molecule has 1 saturated heterocycles. The van der Waals surface area contributed by atoms with Crippen molar-refractivity contribution in [3.63, 3.8) is 0 Å². The van der Waals surface area contributed by atoms with Gasteiger partial charge in [-0.2, -0.15) is 0 Å².